The summed E-state index contributed by atoms with van der Waals surface area (Å²) >= 11 is 0. The molecule has 11 rings (SSSR count). The molecule has 0 unspecified atom stereocenters. The minimum atomic E-state index is 0.0468. The first-order chi connectivity index (χ1) is 28.3. The standard InChI is InChI=1S/C54H43BN2/c1-5-19-38(20-6-1)42-33-34-51-47(35-42)55-46-29-15-18-32-50(46)56(48-30-16-13-27-44(48)40-23-9-3-10-24-40)52-36-43(39-21-7-2-8-22-39)37-53(54(52)55)57(51)49-31-17-14-28-45(49)41-25-11-4-12-26-41/h1,3-6,9-20,23-37,39H,2,7-8,21-22H2. The Morgan fingerprint density at radius 1 is 0.351 bits per heavy atom. The Morgan fingerprint density at radius 2 is 0.825 bits per heavy atom. The van der Waals surface area contributed by atoms with Crippen LogP contribution in [0.2, 0.25) is 0 Å². The van der Waals surface area contributed by atoms with Crippen molar-refractivity contribution in [2.45, 2.75) is 38.0 Å². The number of rotatable bonds is 6. The summed E-state index contributed by atoms with van der Waals surface area (Å²) in [5.74, 6) is 0.523. The summed E-state index contributed by atoms with van der Waals surface area (Å²) in [4.78, 5) is 5.22. The van der Waals surface area contributed by atoms with Gasteiger partial charge in [0.05, 0.1) is 11.4 Å². The van der Waals surface area contributed by atoms with E-state index < -0.39 is 0 Å². The zero-order chi connectivity index (χ0) is 37.7. The zero-order valence-corrected chi connectivity index (χ0v) is 32.1. The molecule has 0 atom stereocenters. The first kappa shape index (κ1) is 33.7. The molecule has 1 fully saturated rings. The van der Waals surface area contributed by atoms with E-state index in [4.69, 9.17) is 0 Å². The summed E-state index contributed by atoms with van der Waals surface area (Å²) < 4.78 is 0. The third kappa shape index (κ3) is 5.72. The first-order valence-corrected chi connectivity index (χ1v) is 20.7. The molecule has 0 amide bonds. The smallest absolute Gasteiger partial charge is 0.252 e. The summed E-state index contributed by atoms with van der Waals surface area (Å²) in [7, 11) is 0. The van der Waals surface area contributed by atoms with Crippen LogP contribution in [0.3, 0.4) is 0 Å². The molecule has 0 N–H and O–H groups in total. The number of hydrogen-bond acceptors (Lipinski definition) is 2. The molecule has 3 aliphatic rings. The Kier molecular flexibility index (Phi) is 8.39. The van der Waals surface area contributed by atoms with E-state index in [9.17, 15) is 0 Å². The van der Waals surface area contributed by atoms with Crippen molar-refractivity contribution in [3.63, 3.8) is 0 Å². The molecule has 272 valence electrons. The van der Waals surface area contributed by atoms with Crippen LogP contribution in [0.1, 0.15) is 43.6 Å². The molecular formula is C54H43BN2. The molecule has 0 radical (unpaired) electrons. The van der Waals surface area contributed by atoms with Gasteiger partial charge < -0.3 is 9.80 Å². The van der Waals surface area contributed by atoms with Crippen LogP contribution in [-0.4, -0.2) is 6.71 Å². The minimum Gasteiger partial charge on any atom is -0.311 e. The summed E-state index contributed by atoms with van der Waals surface area (Å²) in [6.07, 6.45) is 6.37. The van der Waals surface area contributed by atoms with Crippen molar-refractivity contribution >= 4 is 57.2 Å². The van der Waals surface area contributed by atoms with E-state index in [2.05, 4.69) is 204 Å². The summed E-state index contributed by atoms with van der Waals surface area (Å²) in [5.41, 5.74) is 20.4. The van der Waals surface area contributed by atoms with E-state index in [-0.39, 0.29) is 6.71 Å². The van der Waals surface area contributed by atoms with Gasteiger partial charge in [-0.2, -0.15) is 0 Å². The Morgan fingerprint density at radius 3 is 1.40 bits per heavy atom. The van der Waals surface area contributed by atoms with Crippen molar-refractivity contribution in [3.05, 3.63) is 200 Å². The highest BCUT2D eigenvalue weighted by molar-refractivity contribution is 7.00. The summed E-state index contributed by atoms with van der Waals surface area (Å²) in [5, 5.41) is 0. The lowest BCUT2D eigenvalue weighted by atomic mass is 9.33. The van der Waals surface area contributed by atoms with Crippen LogP contribution >= 0.6 is 0 Å². The Hall–Kier alpha value is -6.58. The monoisotopic (exact) mass is 730 g/mol. The maximum absolute atomic E-state index is 2.61. The predicted molar refractivity (Wildman–Crippen MR) is 243 cm³/mol. The Labute approximate surface area is 336 Å². The lowest BCUT2D eigenvalue weighted by molar-refractivity contribution is 0.444. The molecule has 8 aromatic rings. The number of para-hydroxylation sites is 3. The van der Waals surface area contributed by atoms with Crippen LogP contribution in [0.15, 0.2) is 194 Å². The van der Waals surface area contributed by atoms with Crippen LogP contribution in [0.5, 0.6) is 0 Å². The third-order valence-electron chi connectivity index (χ3n) is 12.6. The normalized spacial score (nSPS) is 14.5. The highest BCUT2D eigenvalue weighted by Crippen LogP contribution is 2.50. The largest absolute Gasteiger partial charge is 0.311 e. The maximum Gasteiger partial charge on any atom is 0.252 e. The van der Waals surface area contributed by atoms with E-state index in [0.717, 1.165) is 0 Å². The highest BCUT2D eigenvalue weighted by atomic mass is 15.2. The molecule has 2 heterocycles. The van der Waals surface area contributed by atoms with E-state index >= 15 is 0 Å². The van der Waals surface area contributed by atoms with Crippen LogP contribution in [0.25, 0.3) is 33.4 Å². The molecule has 0 bridgehead atoms. The Balaban J connectivity index is 1.25. The van der Waals surface area contributed by atoms with Crippen LogP contribution < -0.4 is 26.2 Å². The molecule has 0 saturated heterocycles. The van der Waals surface area contributed by atoms with Crippen molar-refractivity contribution in [1.29, 1.82) is 0 Å². The average Bonchev–Trinajstić information content (AvgIpc) is 3.30. The van der Waals surface area contributed by atoms with Crippen molar-refractivity contribution < 1.29 is 0 Å². The second kappa shape index (κ2) is 14.2. The fourth-order valence-corrected chi connectivity index (χ4v) is 10.0. The van der Waals surface area contributed by atoms with Crippen molar-refractivity contribution in [2.75, 3.05) is 9.80 Å². The van der Waals surface area contributed by atoms with Crippen LogP contribution in [0, 0.1) is 0 Å². The van der Waals surface area contributed by atoms with Crippen molar-refractivity contribution in [2.24, 2.45) is 0 Å². The summed E-state index contributed by atoms with van der Waals surface area (Å²) in [6, 6.07) is 72.3. The average molecular weight is 731 g/mol. The predicted octanol–water partition coefficient (Wildman–Crippen LogP) is 12.8. The molecule has 1 aliphatic carbocycles. The second-order valence-corrected chi connectivity index (χ2v) is 15.9. The maximum atomic E-state index is 2.61. The van der Waals surface area contributed by atoms with Crippen molar-refractivity contribution in [1.82, 2.24) is 0 Å². The molecule has 3 heteroatoms. The molecule has 2 aliphatic heterocycles. The lowest BCUT2D eigenvalue weighted by Crippen LogP contribution is -2.61. The van der Waals surface area contributed by atoms with E-state index in [0.29, 0.717) is 5.92 Å². The molecule has 57 heavy (non-hydrogen) atoms. The minimum absolute atomic E-state index is 0.0468. The van der Waals surface area contributed by atoms with Gasteiger partial charge in [-0.15, -0.1) is 0 Å². The third-order valence-corrected chi connectivity index (χ3v) is 12.6. The van der Waals surface area contributed by atoms with Gasteiger partial charge in [0, 0.05) is 33.9 Å². The van der Waals surface area contributed by atoms with Gasteiger partial charge in [0.15, 0.2) is 0 Å². The second-order valence-electron chi connectivity index (χ2n) is 15.9. The van der Waals surface area contributed by atoms with Gasteiger partial charge in [-0.25, -0.2) is 0 Å². The molecule has 2 nitrogen and oxygen atoms in total. The number of fused-ring (bicyclic) bond motifs is 4. The van der Waals surface area contributed by atoms with Crippen molar-refractivity contribution in [3.8, 4) is 33.4 Å². The van der Waals surface area contributed by atoms with Gasteiger partial charge >= 0.3 is 0 Å². The SMILES string of the molecule is c1ccc(-c2ccc3c(c2)B2c4ccccc4N(c4ccccc4-c4ccccc4)c4cc(C5CCCCC5)cc(c42)N3c2ccccc2-c2ccccc2)cc1. The van der Waals surface area contributed by atoms with E-state index in [1.54, 1.807) is 0 Å². The quantitative estimate of drug-likeness (QED) is 0.157. The topological polar surface area (TPSA) is 6.48 Å². The molecule has 0 spiro atoms. The first-order valence-electron chi connectivity index (χ1n) is 20.7. The molecule has 0 aromatic heterocycles. The highest BCUT2D eigenvalue weighted by Gasteiger charge is 2.44. The molecule has 8 aromatic carbocycles. The molecule has 1 saturated carbocycles. The fourth-order valence-electron chi connectivity index (χ4n) is 10.0. The number of hydrogen-bond donors (Lipinski definition) is 0. The fraction of sp³-hybridized carbons (Fsp3) is 0.111. The number of benzene rings is 8. The van der Waals surface area contributed by atoms with Gasteiger partial charge in [-0.1, -0.05) is 177 Å². The Bertz CT molecular complexity index is 2720. The van der Waals surface area contributed by atoms with E-state index in [1.807, 2.05) is 0 Å². The van der Waals surface area contributed by atoms with Crippen LogP contribution in [-0.2, 0) is 0 Å². The van der Waals surface area contributed by atoms with Crippen LogP contribution in [0.4, 0.5) is 34.1 Å². The number of anilines is 6. The molecular weight excluding hydrogens is 687 g/mol. The van der Waals surface area contributed by atoms with Gasteiger partial charge in [0.2, 0.25) is 0 Å². The summed E-state index contributed by atoms with van der Waals surface area (Å²) in [6.45, 7) is 0.0468. The lowest BCUT2D eigenvalue weighted by Gasteiger charge is -2.45. The van der Waals surface area contributed by atoms with Gasteiger partial charge in [0.1, 0.15) is 0 Å². The van der Waals surface area contributed by atoms with Gasteiger partial charge in [-0.3, -0.25) is 0 Å². The van der Waals surface area contributed by atoms with E-state index in [1.165, 1.54) is 122 Å². The van der Waals surface area contributed by atoms with Gasteiger partial charge in [0.25, 0.3) is 6.71 Å². The zero-order valence-electron chi connectivity index (χ0n) is 32.1. The number of nitrogens with zero attached hydrogens (tertiary/aromatic N) is 2. The van der Waals surface area contributed by atoms with Gasteiger partial charge in [-0.05, 0) is 99.4 Å².